The average Bonchev–Trinajstić information content (AvgIpc) is 2.43. The van der Waals surface area contributed by atoms with Gasteiger partial charge in [0.2, 0.25) is 0 Å². The Balaban J connectivity index is 2.59. The molecular weight excluding hydrogens is 281 g/mol. The minimum Gasteiger partial charge on any atom is -0.409 e. The first-order chi connectivity index (χ1) is 9.47. The molecular formula is C13H20FN3O2S. The van der Waals surface area contributed by atoms with Gasteiger partial charge in [-0.15, -0.1) is 0 Å². The zero-order valence-electron chi connectivity index (χ0n) is 11.6. The molecule has 0 saturated heterocycles. The van der Waals surface area contributed by atoms with Gasteiger partial charge < -0.3 is 16.3 Å². The van der Waals surface area contributed by atoms with E-state index in [9.17, 15) is 8.60 Å². The summed E-state index contributed by atoms with van der Waals surface area (Å²) in [6.45, 7) is 2.90. The fourth-order valence-corrected chi connectivity index (χ4v) is 2.11. The van der Waals surface area contributed by atoms with E-state index >= 15 is 0 Å². The van der Waals surface area contributed by atoms with Crippen LogP contribution >= 0.6 is 0 Å². The van der Waals surface area contributed by atoms with Crippen LogP contribution in [0.5, 0.6) is 0 Å². The molecule has 0 radical (unpaired) electrons. The topological polar surface area (TPSA) is 87.7 Å². The molecule has 0 amide bonds. The van der Waals surface area contributed by atoms with Crippen LogP contribution in [0.25, 0.3) is 0 Å². The van der Waals surface area contributed by atoms with Crippen LogP contribution in [0.4, 0.5) is 4.39 Å². The van der Waals surface area contributed by atoms with Crippen molar-refractivity contribution >= 4 is 16.6 Å². The first-order valence-electron chi connectivity index (χ1n) is 6.25. The summed E-state index contributed by atoms with van der Waals surface area (Å²) in [6, 6.07) is 4.74. The SMILES string of the molecule is CC(CCNCc1cccc(/C(N)=N/O)c1F)S(C)=O. The first kappa shape index (κ1) is 16.6. The molecule has 7 heteroatoms. The van der Waals surface area contributed by atoms with E-state index in [2.05, 4.69) is 10.5 Å². The molecule has 0 aliphatic rings. The molecule has 0 aliphatic heterocycles. The van der Waals surface area contributed by atoms with Crippen LogP contribution in [-0.2, 0) is 17.3 Å². The summed E-state index contributed by atoms with van der Waals surface area (Å²) in [5, 5.41) is 14.6. The summed E-state index contributed by atoms with van der Waals surface area (Å²) in [5.41, 5.74) is 5.92. The third-order valence-electron chi connectivity index (χ3n) is 3.07. The highest BCUT2D eigenvalue weighted by Crippen LogP contribution is 2.12. The van der Waals surface area contributed by atoms with E-state index in [1.165, 1.54) is 6.07 Å². The average molecular weight is 301 g/mol. The van der Waals surface area contributed by atoms with Gasteiger partial charge in [-0.1, -0.05) is 24.2 Å². The molecule has 0 spiro atoms. The highest BCUT2D eigenvalue weighted by molar-refractivity contribution is 7.84. The molecule has 0 aromatic heterocycles. The summed E-state index contributed by atoms with van der Waals surface area (Å²) in [4.78, 5) is 0. The highest BCUT2D eigenvalue weighted by Gasteiger charge is 2.11. The van der Waals surface area contributed by atoms with Gasteiger partial charge in [0.1, 0.15) is 5.82 Å². The van der Waals surface area contributed by atoms with Gasteiger partial charge in [0.05, 0.1) is 5.56 Å². The van der Waals surface area contributed by atoms with Gasteiger partial charge in [-0.05, 0) is 19.0 Å². The molecule has 0 heterocycles. The second kappa shape index (κ2) is 7.96. The minimum atomic E-state index is -0.848. The predicted octanol–water partition coefficient (Wildman–Crippen LogP) is 1.17. The number of nitrogens with zero attached hydrogens (tertiary/aromatic N) is 1. The van der Waals surface area contributed by atoms with E-state index in [-0.39, 0.29) is 16.6 Å². The van der Waals surface area contributed by atoms with E-state index in [4.69, 9.17) is 10.9 Å². The van der Waals surface area contributed by atoms with Gasteiger partial charge in [0.15, 0.2) is 5.84 Å². The number of rotatable bonds is 7. The maximum atomic E-state index is 14.1. The van der Waals surface area contributed by atoms with Crippen molar-refractivity contribution in [2.75, 3.05) is 12.8 Å². The van der Waals surface area contributed by atoms with Gasteiger partial charge >= 0.3 is 0 Å². The summed E-state index contributed by atoms with van der Waals surface area (Å²) >= 11 is 0. The van der Waals surface area contributed by atoms with E-state index < -0.39 is 16.6 Å². The van der Waals surface area contributed by atoms with Crippen LogP contribution in [0, 0.1) is 5.82 Å². The van der Waals surface area contributed by atoms with Crippen molar-refractivity contribution in [1.82, 2.24) is 5.32 Å². The molecule has 112 valence electrons. The fraction of sp³-hybridized carbons (Fsp3) is 0.462. The number of hydrogen-bond donors (Lipinski definition) is 3. The largest absolute Gasteiger partial charge is 0.409 e. The lowest BCUT2D eigenvalue weighted by atomic mass is 10.1. The Morgan fingerprint density at radius 1 is 1.60 bits per heavy atom. The van der Waals surface area contributed by atoms with Gasteiger partial charge in [-0.2, -0.15) is 0 Å². The van der Waals surface area contributed by atoms with Crippen LogP contribution < -0.4 is 11.1 Å². The third-order valence-corrected chi connectivity index (χ3v) is 4.44. The van der Waals surface area contributed by atoms with Crippen molar-refractivity contribution in [1.29, 1.82) is 0 Å². The van der Waals surface area contributed by atoms with Crippen molar-refractivity contribution in [2.24, 2.45) is 10.9 Å². The van der Waals surface area contributed by atoms with Crippen LogP contribution in [0.15, 0.2) is 23.4 Å². The Hall–Kier alpha value is -1.47. The van der Waals surface area contributed by atoms with E-state index in [0.717, 1.165) is 6.42 Å². The summed E-state index contributed by atoms with van der Waals surface area (Å²) in [7, 11) is -0.848. The van der Waals surface area contributed by atoms with Crippen LogP contribution in [0.2, 0.25) is 0 Å². The first-order valence-corrected chi connectivity index (χ1v) is 7.87. The molecule has 1 aromatic carbocycles. The Bertz CT molecular complexity index is 508. The zero-order chi connectivity index (χ0) is 15.1. The van der Waals surface area contributed by atoms with Crippen molar-refractivity contribution < 1.29 is 13.8 Å². The molecule has 5 nitrogen and oxygen atoms in total. The predicted molar refractivity (Wildman–Crippen MR) is 78.8 cm³/mol. The van der Waals surface area contributed by atoms with Crippen LogP contribution in [0.1, 0.15) is 24.5 Å². The number of nitrogens with two attached hydrogens (primary N) is 1. The fourth-order valence-electron chi connectivity index (χ4n) is 1.66. The molecule has 1 aromatic rings. The second-order valence-corrected chi connectivity index (χ2v) is 6.34. The number of benzene rings is 1. The summed E-state index contributed by atoms with van der Waals surface area (Å²) < 4.78 is 25.3. The Morgan fingerprint density at radius 2 is 2.30 bits per heavy atom. The molecule has 4 N–H and O–H groups in total. The molecule has 20 heavy (non-hydrogen) atoms. The normalized spacial score (nSPS) is 15.1. The van der Waals surface area contributed by atoms with Crippen molar-refractivity contribution in [3.8, 4) is 0 Å². The van der Waals surface area contributed by atoms with E-state index in [0.29, 0.717) is 18.7 Å². The summed E-state index contributed by atoms with van der Waals surface area (Å²) in [6.07, 6.45) is 2.43. The maximum Gasteiger partial charge on any atom is 0.173 e. The molecule has 0 saturated carbocycles. The quantitative estimate of drug-likeness (QED) is 0.232. The molecule has 2 unspecified atom stereocenters. The number of halogens is 1. The lowest BCUT2D eigenvalue weighted by Crippen LogP contribution is -2.22. The minimum absolute atomic E-state index is 0.0785. The van der Waals surface area contributed by atoms with Gasteiger partial charge in [-0.25, -0.2) is 4.39 Å². The maximum absolute atomic E-state index is 14.1. The van der Waals surface area contributed by atoms with E-state index in [1.807, 2.05) is 6.92 Å². The number of hydrogen-bond acceptors (Lipinski definition) is 4. The molecule has 0 aliphatic carbocycles. The summed E-state index contributed by atoms with van der Waals surface area (Å²) in [5.74, 6) is -0.748. The van der Waals surface area contributed by atoms with E-state index in [1.54, 1.807) is 18.4 Å². The standard InChI is InChI=1S/C13H20FN3O2S/c1-9(20(2)19)6-7-16-8-10-4-3-5-11(12(10)14)13(15)17-18/h3-5,9,16,18H,6-8H2,1-2H3,(H2,15,17). The second-order valence-electron chi connectivity index (χ2n) is 4.54. The number of amidine groups is 1. The van der Waals surface area contributed by atoms with Crippen molar-refractivity contribution in [3.05, 3.63) is 35.1 Å². The lowest BCUT2D eigenvalue weighted by Gasteiger charge is -2.11. The Kier molecular flexibility index (Phi) is 6.60. The number of nitrogens with one attached hydrogen (secondary N) is 1. The van der Waals surface area contributed by atoms with Crippen molar-refractivity contribution in [3.63, 3.8) is 0 Å². The zero-order valence-corrected chi connectivity index (χ0v) is 12.4. The molecule has 1 rings (SSSR count). The van der Waals surface area contributed by atoms with Gasteiger partial charge in [0.25, 0.3) is 0 Å². The Morgan fingerprint density at radius 3 is 2.90 bits per heavy atom. The van der Waals surface area contributed by atoms with Gasteiger partial charge in [0, 0.05) is 34.4 Å². The monoisotopic (exact) mass is 301 g/mol. The van der Waals surface area contributed by atoms with Gasteiger partial charge in [-0.3, -0.25) is 4.21 Å². The Labute approximate surface area is 120 Å². The molecule has 0 bridgehead atoms. The van der Waals surface area contributed by atoms with Crippen molar-refractivity contribution in [2.45, 2.75) is 25.1 Å². The van der Waals surface area contributed by atoms with Crippen LogP contribution in [0.3, 0.4) is 0 Å². The van der Waals surface area contributed by atoms with Crippen LogP contribution in [-0.4, -0.2) is 33.3 Å². The lowest BCUT2D eigenvalue weighted by molar-refractivity contribution is 0.318. The number of oxime groups is 1. The smallest absolute Gasteiger partial charge is 0.173 e. The molecule has 2 atom stereocenters. The molecule has 0 fully saturated rings. The highest BCUT2D eigenvalue weighted by atomic mass is 32.2. The third kappa shape index (κ3) is 4.57.